The lowest BCUT2D eigenvalue weighted by Gasteiger charge is -2.36. The molecular formula is C11H4ClF11OS. The average Bonchev–Trinajstić information content (AvgIpc) is 2.41. The third kappa shape index (κ3) is 3.71. The van der Waals surface area contributed by atoms with Crippen LogP contribution < -0.4 is 0 Å². The van der Waals surface area contributed by atoms with Crippen molar-refractivity contribution in [3.05, 3.63) is 28.8 Å². The van der Waals surface area contributed by atoms with Crippen molar-refractivity contribution in [3.63, 3.8) is 0 Å². The van der Waals surface area contributed by atoms with Crippen LogP contribution in [0.4, 0.5) is 48.3 Å². The minimum Gasteiger partial charge on any atom is -0.248 e. The third-order valence-electron chi connectivity index (χ3n) is 2.84. The van der Waals surface area contributed by atoms with Gasteiger partial charge in [0, 0.05) is 15.5 Å². The fraction of sp³-hybridized carbons (Fsp3) is 0.455. The maximum atomic E-state index is 14.2. The van der Waals surface area contributed by atoms with Crippen molar-refractivity contribution >= 4 is 22.4 Å². The fourth-order valence-electron chi connectivity index (χ4n) is 1.70. The molecule has 144 valence electrons. The minimum atomic E-state index is -6.99. The van der Waals surface area contributed by atoms with E-state index in [0.717, 1.165) is 0 Å². The Morgan fingerprint density at radius 3 is 1.68 bits per heavy atom. The Labute approximate surface area is 139 Å². The first kappa shape index (κ1) is 21.9. The zero-order chi connectivity index (χ0) is 20.0. The van der Waals surface area contributed by atoms with Gasteiger partial charge in [-0.1, -0.05) is 11.6 Å². The summed E-state index contributed by atoms with van der Waals surface area (Å²) in [4.78, 5) is -1.36. The van der Waals surface area contributed by atoms with E-state index in [9.17, 15) is 52.5 Å². The molecule has 0 N–H and O–H groups in total. The van der Waals surface area contributed by atoms with Crippen LogP contribution in [0, 0.1) is 0 Å². The molecule has 14 heteroatoms. The first-order valence-corrected chi connectivity index (χ1v) is 7.26. The quantitative estimate of drug-likeness (QED) is 0.571. The van der Waals surface area contributed by atoms with Crippen molar-refractivity contribution in [2.75, 3.05) is 0 Å². The third-order valence-corrected chi connectivity index (χ3v) is 4.08. The van der Waals surface area contributed by atoms with Crippen LogP contribution in [0.25, 0.3) is 0 Å². The molecule has 2 unspecified atom stereocenters. The van der Waals surface area contributed by atoms with Gasteiger partial charge in [-0.3, -0.25) is 0 Å². The van der Waals surface area contributed by atoms with E-state index in [1.54, 1.807) is 0 Å². The summed E-state index contributed by atoms with van der Waals surface area (Å²) in [5, 5.41) is -1.11. The van der Waals surface area contributed by atoms with Crippen molar-refractivity contribution in [2.24, 2.45) is 0 Å². The zero-order valence-corrected chi connectivity index (χ0v) is 12.7. The van der Waals surface area contributed by atoms with Crippen LogP contribution in [0.2, 0.25) is 5.02 Å². The van der Waals surface area contributed by atoms with Gasteiger partial charge in [-0.15, -0.1) is 0 Å². The highest BCUT2D eigenvalue weighted by molar-refractivity contribution is 7.85. The molecule has 0 aromatic heterocycles. The predicted molar refractivity (Wildman–Crippen MR) is 63.7 cm³/mol. The first-order chi connectivity index (χ1) is 11.0. The van der Waals surface area contributed by atoms with Gasteiger partial charge in [-0.2, -0.15) is 43.9 Å². The smallest absolute Gasteiger partial charge is 0.248 e. The van der Waals surface area contributed by atoms with E-state index in [2.05, 4.69) is 0 Å². The number of halogens is 12. The number of rotatable bonds is 4. The van der Waals surface area contributed by atoms with E-state index >= 15 is 0 Å². The number of benzene rings is 1. The van der Waals surface area contributed by atoms with E-state index in [-0.39, 0.29) is 6.07 Å². The van der Waals surface area contributed by atoms with Crippen LogP contribution in [0.3, 0.4) is 0 Å². The molecule has 2 atom stereocenters. The summed E-state index contributed by atoms with van der Waals surface area (Å²) in [5.41, 5.74) is -8.77. The molecule has 0 spiro atoms. The lowest BCUT2D eigenvalue weighted by atomic mass is 9.87. The molecule has 0 radical (unpaired) electrons. The van der Waals surface area contributed by atoms with Crippen LogP contribution in [-0.2, 0) is 16.5 Å². The van der Waals surface area contributed by atoms with Gasteiger partial charge in [0.05, 0.1) is 0 Å². The summed E-state index contributed by atoms with van der Waals surface area (Å²) in [7, 11) is -3.44. The highest BCUT2D eigenvalue weighted by Crippen LogP contribution is 2.58. The van der Waals surface area contributed by atoms with Crippen molar-refractivity contribution in [1.29, 1.82) is 0 Å². The van der Waals surface area contributed by atoms with Gasteiger partial charge in [-0.05, 0) is 18.2 Å². The molecule has 1 aromatic carbocycles. The second-order valence-corrected chi connectivity index (χ2v) is 6.32. The van der Waals surface area contributed by atoms with Crippen LogP contribution >= 0.6 is 11.6 Å². The maximum Gasteiger partial charge on any atom is 0.457 e. The van der Waals surface area contributed by atoms with E-state index in [1.165, 1.54) is 0 Å². The standard InChI is InChI=1S/C11H4ClF11OS/c12-5-1-4(2-6(3-5)25(24)7(13)14)8(15,10(18,19)20)9(16,17)11(21,22)23/h1-3,7H. The molecule has 0 bridgehead atoms. The minimum absolute atomic E-state index is 0.249. The summed E-state index contributed by atoms with van der Waals surface area (Å²) in [6.07, 6.45) is -13.8. The van der Waals surface area contributed by atoms with Gasteiger partial charge in [0.15, 0.2) is 0 Å². The topological polar surface area (TPSA) is 17.1 Å². The molecule has 1 nitrogen and oxygen atoms in total. The normalized spacial score (nSPS) is 17.5. The second-order valence-electron chi connectivity index (χ2n) is 4.46. The SMILES string of the molecule is O=S(c1cc(Cl)cc(C(F)(C(F)(F)F)C(F)(F)C(F)(F)F)c1)C(F)F. The summed E-state index contributed by atoms with van der Waals surface area (Å²) < 4.78 is 152. The molecule has 1 aromatic rings. The molecule has 0 heterocycles. The van der Waals surface area contributed by atoms with E-state index in [1.807, 2.05) is 0 Å². The molecule has 25 heavy (non-hydrogen) atoms. The number of hydrogen-bond donors (Lipinski definition) is 0. The summed E-state index contributed by atoms with van der Waals surface area (Å²) in [6, 6.07) is -0.363. The van der Waals surface area contributed by atoms with Gasteiger partial charge in [0.1, 0.15) is 10.8 Å². The molecule has 0 saturated heterocycles. The van der Waals surface area contributed by atoms with Gasteiger partial charge >= 0.3 is 29.7 Å². The molecule has 0 aliphatic carbocycles. The first-order valence-electron chi connectivity index (χ1n) is 5.66. The summed E-state index contributed by atoms with van der Waals surface area (Å²) >= 11 is 5.18. The highest BCUT2D eigenvalue weighted by atomic mass is 35.5. The van der Waals surface area contributed by atoms with Crippen LogP contribution in [-0.4, -0.2) is 28.2 Å². The maximum absolute atomic E-state index is 14.2. The Balaban J connectivity index is 3.79. The summed E-state index contributed by atoms with van der Waals surface area (Å²) in [6.45, 7) is 0. The molecule has 0 aliphatic heterocycles. The van der Waals surface area contributed by atoms with E-state index in [4.69, 9.17) is 11.6 Å². The van der Waals surface area contributed by atoms with Crippen LogP contribution in [0.15, 0.2) is 23.1 Å². The molecule has 0 amide bonds. The Morgan fingerprint density at radius 1 is 0.840 bits per heavy atom. The molecular weight excluding hydrogens is 425 g/mol. The van der Waals surface area contributed by atoms with Gasteiger partial charge in [-0.25, -0.2) is 8.60 Å². The molecule has 0 saturated carbocycles. The largest absolute Gasteiger partial charge is 0.457 e. The number of alkyl halides is 11. The lowest BCUT2D eigenvalue weighted by molar-refractivity contribution is -0.389. The van der Waals surface area contributed by atoms with Gasteiger partial charge < -0.3 is 0 Å². The molecule has 0 aliphatic rings. The Bertz CT molecular complexity index is 669. The average molecular weight is 429 g/mol. The Morgan fingerprint density at radius 2 is 1.32 bits per heavy atom. The predicted octanol–water partition coefficient (Wildman–Crippen LogP) is 5.59. The van der Waals surface area contributed by atoms with Crippen LogP contribution in [0.5, 0.6) is 0 Å². The zero-order valence-electron chi connectivity index (χ0n) is 11.2. The highest BCUT2D eigenvalue weighted by Gasteiger charge is 2.81. The Kier molecular flexibility index (Phi) is 5.75. The van der Waals surface area contributed by atoms with E-state index in [0.29, 0.717) is 6.07 Å². The Hall–Kier alpha value is -1.11. The fourth-order valence-corrected chi connectivity index (χ4v) is 2.69. The van der Waals surface area contributed by atoms with Crippen molar-refractivity contribution < 1.29 is 52.5 Å². The van der Waals surface area contributed by atoms with Crippen molar-refractivity contribution in [1.82, 2.24) is 0 Å². The summed E-state index contributed by atoms with van der Waals surface area (Å²) in [5.74, 6) is -10.7. The van der Waals surface area contributed by atoms with E-state index < -0.39 is 62.0 Å². The lowest BCUT2D eigenvalue weighted by Crippen LogP contribution is -2.59. The molecule has 0 fully saturated rings. The van der Waals surface area contributed by atoms with Gasteiger partial charge in [0.2, 0.25) is 0 Å². The van der Waals surface area contributed by atoms with Gasteiger partial charge in [0.25, 0.3) is 0 Å². The number of hydrogen-bond acceptors (Lipinski definition) is 1. The second kappa shape index (κ2) is 6.56. The van der Waals surface area contributed by atoms with Crippen molar-refractivity contribution in [3.8, 4) is 0 Å². The molecule has 1 rings (SSSR count). The van der Waals surface area contributed by atoms with Crippen LogP contribution in [0.1, 0.15) is 5.56 Å². The van der Waals surface area contributed by atoms with Crippen molar-refractivity contribution in [2.45, 2.75) is 34.6 Å². The monoisotopic (exact) mass is 428 g/mol.